The molecule has 1 heterocycles. The summed E-state index contributed by atoms with van der Waals surface area (Å²) in [5.41, 5.74) is 4.05. The monoisotopic (exact) mass is 477 g/mol. The molecule has 0 spiro atoms. The molecule has 0 radical (unpaired) electrons. The fraction of sp³-hybridized carbons (Fsp3) is 0.0800. The van der Waals surface area contributed by atoms with E-state index in [2.05, 4.69) is 16.0 Å². The summed E-state index contributed by atoms with van der Waals surface area (Å²) in [5, 5.41) is 9.80. The Labute approximate surface area is 200 Å². The second-order valence-electron chi connectivity index (χ2n) is 7.52. The molecule has 0 aliphatic rings. The van der Waals surface area contributed by atoms with Gasteiger partial charge in [-0.2, -0.15) is 0 Å². The summed E-state index contributed by atoms with van der Waals surface area (Å²) in [6.45, 7) is 3.75. The van der Waals surface area contributed by atoms with Crippen molar-refractivity contribution in [1.82, 2.24) is 5.32 Å². The van der Waals surface area contributed by atoms with Crippen LogP contribution in [0.1, 0.15) is 32.0 Å². The molecule has 33 heavy (non-hydrogen) atoms. The van der Waals surface area contributed by atoms with Crippen molar-refractivity contribution in [3.63, 3.8) is 0 Å². The maximum Gasteiger partial charge on any atom is 0.291 e. The Morgan fingerprint density at radius 3 is 2.42 bits per heavy atom. The third-order valence-electron chi connectivity index (χ3n) is 4.98. The van der Waals surface area contributed by atoms with Gasteiger partial charge in [0.1, 0.15) is 5.58 Å². The average Bonchev–Trinajstić information content (AvgIpc) is 3.20. The summed E-state index contributed by atoms with van der Waals surface area (Å²) >= 11 is 11.4. The third-order valence-corrected chi connectivity index (χ3v) is 5.49. The molecule has 0 aliphatic carbocycles. The van der Waals surface area contributed by atoms with E-state index in [0.29, 0.717) is 27.5 Å². The van der Waals surface area contributed by atoms with Crippen LogP contribution >= 0.6 is 23.8 Å². The minimum atomic E-state index is -0.399. The Kier molecular flexibility index (Phi) is 6.44. The van der Waals surface area contributed by atoms with Gasteiger partial charge in [-0.15, -0.1) is 0 Å². The Bertz CT molecular complexity index is 1360. The molecule has 8 heteroatoms. The van der Waals surface area contributed by atoms with Gasteiger partial charge in [0.15, 0.2) is 10.9 Å². The number of benzene rings is 3. The molecule has 6 nitrogen and oxygen atoms in total. The van der Waals surface area contributed by atoms with E-state index < -0.39 is 5.91 Å². The SMILES string of the molecule is Cc1ccc(C(=O)NC(=S)Nc2ccc(NC(=O)c3cc4ccccc4o3)c(C)c2)c(Cl)c1. The summed E-state index contributed by atoms with van der Waals surface area (Å²) in [4.78, 5) is 25.0. The third kappa shape index (κ3) is 5.22. The number of furan rings is 1. The molecule has 3 N–H and O–H groups in total. The van der Waals surface area contributed by atoms with Gasteiger partial charge in [-0.1, -0.05) is 35.9 Å². The fourth-order valence-corrected chi connectivity index (χ4v) is 3.83. The van der Waals surface area contributed by atoms with E-state index in [1.807, 2.05) is 44.2 Å². The predicted molar refractivity (Wildman–Crippen MR) is 135 cm³/mol. The number of rotatable bonds is 4. The van der Waals surface area contributed by atoms with Crippen LogP contribution in [0.5, 0.6) is 0 Å². The zero-order valence-electron chi connectivity index (χ0n) is 17.9. The lowest BCUT2D eigenvalue weighted by Gasteiger charge is -2.13. The highest BCUT2D eigenvalue weighted by atomic mass is 35.5. The molecule has 0 unspecified atom stereocenters. The Balaban J connectivity index is 1.40. The number of carbonyl (C=O) groups excluding carboxylic acids is 2. The average molecular weight is 478 g/mol. The topological polar surface area (TPSA) is 83.4 Å². The number of thiocarbonyl (C=S) groups is 1. The molecule has 4 aromatic rings. The molecule has 1 aromatic heterocycles. The highest BCUT2D eigenvalue weighted by Gasteiger charge is 2.15. The van der Waals surface area contributed by atoms with Gasteiger partial charge < -0.3 is 15.1 Å². The van der Waals surface area contributed by atoms with Crippen LogP contribution in [0.25, 0.3) is 11.0 Å². The first kappa shape index (κ1) is 22.5. The van der Waals surface area contributed by atoms with Crippen LogP contribution in [0, 0.1) is 13.8 Å². The number of fused-ring (bicyclic) bond motifs is 1. The zero-order chi connectivity index (χ0) is 23.5. The largest absolute Gasteiger partial charge is 0.451 e. The first-order chi connectivity index (χ1) is 15.8. The van der Waals surface area contributed by atoms with E-state index in [4.69, 9.17) is 28.2 Å². The number of anilines is 2. The highest BCUT2D eigenvalue weighted by Crippen LogP contribution is 2.23. The van der Waals surface area contributed by atoms with Gasteiger partial charge in [-0.3, -0.25) is 14.9 Å². The van der Waals surface area contributed by atoms with Crippen molar-refractivity contribution in [2.75, 3.05) is 10.6 Å². The van der Waals surface area contributed by atoms with E-state index >= 15 is 0 Å². The van der Waals surface area contributed by atoms with Gasteiger partial charge in [0.2, 0.25) is 0 Å². The van der Waals surface area contributed by atoms with Gasteiger partial charge in [0, 0.05) is 16.8 Å². The molecular formula is C25H20ClN3O3S. The van der Waals surface area contributed by atoms with E-state index in [9.17, 15) is 9.59 Å². The molecule has 4 rings (SSSR count). The first-order valence-corrected chi connectivity index (χ1v) is 10.9. The number of aryl methyl sites for hydroxylation is 2. The summed E-state index contributed by atoms with van der Waals surface area (Å²) in [7, 11) is 0. The Morgan fingerprint density at radius 1 is 0.909 bits per heavy atom. The van der Waals surface area contributed by atoms with Crippen LogP contribution in [0.4, 0.5) is 11.4 Å². The summed E-state index contributed by atoms with van der Waals surface area (Å²) in [5.74, 6) is -0.506. The van der Waals surface area contributed by atoms with Crippen LogP contribution in [-0.4, -0.2) is 16.9 Å². The smallest absolute Gasteiger partial charge is 0.291 e. The van der Waals surface area contributed by atoms with Crippen LogP contribution in [0.15, 0.2) is 71.1 Å². The lowest BCUT2D eigenvalue weighted by Crippen LogP contribution is -2.34. The number of halogens is 1. The van der Waals surface area contributed by atoms with Crippen molar-refractivity contribution in [1.29, 1.82) is 0 Å². The molecule has 3 aromatic carbocycles. The maximum atomic E-state index is 12.6. The lowest BCUT2D eigenvalue weighted by atomic mass is 10.1. The van der Waals surface area contributed by atoms with Gasteiger partial charge in [-0.05, 0) is 79.7 Å². The Hall–Kier alpha value is -3.68. The second kappa shape index (κ2) is 9.44. The summed E-state index contributed by atoms with van der Waals surface area (Å²) in [6.07, 6.45) is 0. The van der Waals surface area contributed by atoms with Crippen molar-refractivity contribution in [3.05, 3.63) is 94.2 Å². The molecule has 2 amide bonds. The standard InChI is InChI=1S/C25H20ClN3O3S/c1-14-7-9-18(19(26)11-14)23(30)29-25(33)27-17-8-10-20(15(2)12-17)28-24(31)22-13-16-5-3-4-6-21(16)32-22/h3-13H,1-2H3,(H,28,31)(H2,27,29,30,33). The van der Waals surface area contributed by atoms with Crippen LogP contribution in [0.2, 0.25) is 5.02 Å². The van der Waals surface area contributed by atoms with Crippen molar-refractivity contribution in [3.8, 4) is 0 Å². The molecule has 0 saturated carbocycles. The quantitative estimate of drug-likeness (QED) is 0.310. The van der Waals surface area contributed by atoms with E-state index in [-0.39, 0.29) is 16.8 Å². The minimum absolute atomic E-state index is 0.134. The van der Waals surface area contributed by atoms with Gasteiger partial charge in [0.25, 0.3) is 11.8 Å². The van der Waals surface area contributed by atoms with E-state index in [1.54, 1.807) is 36.4 Å². The molecule has 166 valence electrons. The molecule has 0 fully saturated rings. The van der Waals surface area contributed by atoms with Gasteiger partial charge in [0.05, 0.1) is 10.6 Å². The number of amides is 2. The number of nitrogens with one attached hydrogen (secondary N) is 3. The van der Waals surface area contributed by atoms with Gasteiger partial charge >= 0.3 is 0 Å². The number of hydrogen-bond acceptors (Lipinski definition) is 4. The predicted octanol–water partition coefficient (Wildman–Crippen LogP) is 6.08. The van der Waals surface area contributed by atoms with Crippen LogP contribution < -0.4 is 16.0 Å². The molecule has 0 bridgehead atoms. The first-order valence-electron chi connectivity index (χ1n) is 10.1. The van der Waals surface area contributed by atoms with Crippen molar-refractivity contribution in [2.24, 2.45) is 0 Å². The second-order valence-corrected chi connectivity index (χ2v) is 8.34. The van der Waals surface area contributed by atoms with E-state index in [0.717, 1.165) is 16.5 Å². The fourth-order valence-electron chi connectivity index (χ4n) is 3.30. The number of carbonyl (C=O) groups is 2. The summed E-state index contributed by atoms with van der Waals surface area (Å²) in [6, 6.07) is 19.6. The minimum Gasteiger partial charge on any atom is -0.451 e. The maximum absolute atomic E-state index is 12.6. The zero-order valence-corrected chi connectivity index (χ0v) is 19.4. The van der Waals surface area contributed by atoms with Crippen molar-refractivity contribution in [2.45, 2.75) is 13.8 Å². The molecule has 0 saturated heterocycles. The number of para-hydroxylation sites is 1. The molecule has 0 atom stereocenters. The molecular weight excluding hydrogens is 458 g/mol. The van der Waals surface area contributed by atoms with Crippen molar-refractivity contribution >= 4 is 63.1 Å². The van der Waals surface area contributed by atoms with E-state index in [1.165, 1.54) is 0 Å². The summed E-state index contributed by atoms with van der Waals surface area (Å²) < 4.78 is 5.62. The normalized spacial score (nSPS) is 10.6. The van der Waals surface area contributed by atoms with Gasteiger partial charge in [-0.25, -0.2) is 0 Å². The Morgan fingerprint density at radius 2 is 1.70 bits per heavy atom. The van der Waals surface area contributed by atoms with Crippen molar-refractivity contribution < 1.29 is 14.0 Å². The highest BCUT2D eigenvalue weighted by molar-refractivity contribution is 7.80. The van der Waals surface area contributed by atoms with Crippen LogP contribution in [-0.2, 0) is 0 Å². The lowest BCUT2D eigenvalue weighted by molar-refractivity contribution is 0.0975. The number of hydrogen-bond donors (Lipinski definition) is 3. The molecule has 0 aliphatic heterocycles. The van der Waals surface area contributed by atoms with Crippen LogP contribution in [0.3, 0.4) is 0 Å².